The van der Waals surface area contributed by atoms with Crippen molar-refractivity contribution in [3.63, 3.8) is 0 Å². The number of hydrogen-bond donors (Lipinski definition) is 1. The Balaban J connectivity index is 1.38. The first-order valence-corrected chi connectivity index (χ1v) is 14.4. The van der Waals surface area contributed by atoms with E-state index in [0.717, 1.165) is 17.8 Å². The molecule has 0 bridgehead atoms. The molecule has 1 aliphatic heterocycles. The third kappa shape index (κ3) is 7.39. The molecule has 1 aliphatic rings. The third-order valence-corrected chi connectivity index (χ3v) is 8.96. The lowest BCUT2D eigenvalue weighted by molar-refractivity contribution is -0.141. The van der Waals surface area contributed by atoms with Crippen LogP contribution in [-0.2, 0) is 11.0 Å². The Morgan fingerprint density at radius 1 is 1.23 bits per heavy atom. The van der Waals surface area contributed by atoms with Crippen LogP contribution in [-0.4, -0.2) is 53.5 Å². The lowest BCUT2D eigenvalue weighted by Gasteiger charge is -2.41. The van der Waals surface area contributed by atoms with Gasteiger partial charge in [-0.25, -0.2) is 4.39 Å². The first-order chi connectivity index (χ1) is 19.0. The van der Waals surface area contributed by atoms with Crippen molar-refractivity contribution < 1.29 is 32.2 Å². The largest absolute Gasteiger partial charge is 0.497 e. The molecule has 0 amide bonds. The molecule has 1 fully saturated rings. The van der Waals surface area contributed by atoms with E-state index in [4.69, 9.17) is 16.3 Å². The number of alkyl halides is 4. The Labute approximate surface area is 239 Å². The molecule has 1 aromatic heterocycles. The van der Waals surface area contributed by atoms with Gasteiger partial charge in [-0.2, -0.15) is 13.2 Å². The van der Waals surface area contributed by atoms with Crippen molar-refractivity contribution in [2.75, 3.05) is 32.5 Å². The van der Waals surface area contributed by atoms with Crippen molar-refractivity contribution in [2.24, 2.45) is 5.41 Å². The maximum absolute atomic E-state index is 15.8. The number of nitrogens with zero attached hydrogens (tertiary/aromatic N) is 2. The lowest BCUT2D eigenvalue weighted by Crippen LogP contribution is -2.42. The normalized spacial score (nSPS) is 16.6. The molecule has 1 atom stereocenters. The molecule has 4 rings (SSSR count). The minimum atomic E-state index is -4.40. The van der Waals surface area contributed by atoms with E-state index in [0.29, 0.717) is 66.9 Å². The summed E-state index contributed by atoms with van der Waals surface area (Å²) >= 11 is 7.54. The average molecular weight is 599 g/mol. The summed E-state index contributed by atoms with van der Waals surface area (Å²) in [4.78, 5) is 18.4. The molecule has 1 saturated heterocycles. The van der Waals surface area contributed by atoms with E-state index in [1.807, 2.05) is 0 Å². The average Bonchev–Trinajstić information content (AvgIpc) is 2.92. The third-order valence-electron chi connectivity index (χ3n) is 7.61. The number of hydrogen-bond acceptors (Lipinski definition) is 5. The van der Waals surface area contributed by atoms with Crippen LogP contribution >= 0.6 is 23.4 Å². The van der Waals surface area contributed by atoms with Gasteiger partial charge in [0.15, 0.2) is 0 Å². The summed E-state index contributed by atoms with van der Waals surface area (Å²) in [6, 6.07) is 10.7. The monoisotopic (exact) mass is 598 g/mol. The zero-order valence-corrected chi connectivity index (χ0v) is 23.6. The number of carbonyl (C=O) groups is 1. The number of aliphatic carboxylic acids is 1. The van der Waals surface area contributed by atoms with Crippen molar-refractivity contribution in [1.82, 2.24) is 9.88 Å². The Hall–Kier alpha value is -2.56. The maximum atomic E-state index is 15.8. The van der Waals surface area contributed by atoms with Gasteiger partial charge in [-0.3, -0.25) is 9.78 Å². The summed E-state index contributed by atoms with van der Waals surface area (Å²) in [5.41, 5.74) is -0.299. The number of aromatic nitrogens is 1. The van der Waals surface area contributed by atoms with Crippen LogP contribution in [0.4, 0.5) is 17.6 Å². The van der Waals surface area contributed by atoms with Crippen LogP contribution < -0.4 is 4.74 Å². The van der Waals surface area contributed by atoms with Crippen LogP contribution in [0.25, 0.3) is 10.9 Å². The standard InChI is InChI=1S/C29H31ClF4N2O3S/c1-39-19-6-7-24-20(16-19)27(22(30)18-35-24)23(31)8-9-28(17-26(37)38)10-12-36(13-11-28)14-15-40-25-5-3-2-4-21(25)29(32,33)34/h2-7,16,18,23H,8-15,17H2,1H3,(H,37,38). The Bertz CT molecular complexity index is 1330. The minimum absolute atomic E-state index is 0.0695. The molecule has 1 N–H and O–H groups in total. The fourth-order valence-corrected chi connectivity index (χ4v) is 6.74. The molecule has 1 unspecified atom stereocenters. The van der Waals surface area contributed by atoms with Crippen molar-refractivity contribution in [3.05, 3.63) is 64.8 Å². The van der Waals surface area contributed by atoms with Gasteiger partial charge >= 0.3 is 12.1 Å². The second-order valence-electron chi connectivity index (χ2n) is 10.2. The van der Waals surface area contributed by atoms with E-state index in [1.165, 1.54) is 25.4 Å². The molecule has 0 aliphatic carbocycles. The number of piperidine rings is 1. The summed E-state index contributed by atoms with van der Waals surface area (Å²) < 4.78 is 60.9. The molecule has 0 spiro atoms. The predicted octanol–water partition coefficient (Wildman–Crippen LogP) is 8.06. The van der Waals surface area contributed by atoms with Gasteiger partial charge in [-0.05, 0) is 74.5 Å². The maximum Gasteiger partial charge on any atom is 0.417 e. The number of rotatable bonds is 11. The van der Waals surface area contributed by atoms with Crippen molar-refractivity contribution in [3.8, 4) is 5.75 Å². The number of methoxy groups -OCH3 is 1. The fraction of sp³-hybridized carbons (Fsp3) is 0.448. The number of thioether (sulfide) groups is 1. The van der Waals surface area contributed by atoms with E-state index in [1.54, 1.807) is 24.3 Å². The molecular weight excluding hydrogens is 568 g/mol. The Kier molecular flexibility index (Phi) is 9.85. The number of halogens is 5. The molecule has 216 valence electrons. The van der Waals surface area contributed by atoms with E-state index in [-0.39, 0.29) is 22.8 Å². The van der Waals surface area contributed by atoms with Gasteiger partial charge in [0.25, 0.3) is 0 Å². The first-order valence-electron chi connectivity index (χ1n) is 13.0. The van der Waals surface area contributed by atoms with Crippen molar-refractivity contribution in [2.45, 2.75) is 49.3 Å². The summed E-state index contributed by atoms with van der Waals surface area (Å²) in [7, 11) is 1.52. The molecule has 0 radical (unpaired) electrons. The molecule has 3 aromatic rings. The quantitative estimate of drug-likeness (QED) is 0.178. The topological polar surface area (TPSA) is 62.7 Å². The summed E-state index contributed by atoms with van der Waals surface area (Å²) in [6.45, 7) is 1.77. The number of likely N-dealkylation sites (tertiary alicyclic amines) is 1. The van der Waals surface area contributed by atoms with E-state index in [2.05, 4.69) is 9.88 Å². The van der Waals surface area contributed by atoms with Gasteiger partial charge < -0.3 is 14.7 Å². The number of carboxylic acids is 1. The fourth-order valence-electron chi connectivity index (χ4n) is 5.39. The lowest BCUT2D eigenvalue weighted by atomic mass is 9.71. The van der Waals surface area contributed by atoms with Crippen molar-refractivity contribution in [1.29, 1.82) is 0 Å². The summed E-state index contributed by atoms with van der Waals surface area (Å²) in [5.74, 6) is 0.0999. The first kappa shape index (κ1) is 30.4. The van der Waals surface area contributed by atoms with Gasteiger partial charge in [0.1, 0.15) is 11.9 Å². The molecule has 40 heavy (non-hydrogen) atoms. The van der Waals surface area contributed by atoms with Crippen molar-refractivity contribution >= 4 is 40.2 Å². The summed E-state index contributed by atoms with van der Waals surface area (Å²) in [6.07, 6.45) is -2.87. The minimum Gasteiger partial charge on any atom is -0.497 e. The highest BCUT2D eigenvalue weighted by molar-refractivity contribution is 7.99. The van der Waals surface area contributed by atoms with Gasteiger partial charge in [0.2, 0.25) is 0 Å². The number of fused-ring (bicyclic) bond motifs is 1. The summed E-state index contributed by atoms with van der Waals surface area (Å²) in [5, 5.41) is 10.4. The molecule has 11 heteroatoms. The smallest absolute Gasteiger partial charge is 0.417 e. The van der Waals surface area contributed by atoms with Gasteiger partial charge in [0, 0.05) is 34.3 Å². The van der Waals surface area contributed by atoms with Gasteiger partial charge in [-0.15, -0.1) is 11.8 Å². The van der Waals surface area contributed by atoms with E-state index < -0.39 is 29.3 Å². The van der Waals surface area contributed by atoms with Crippen LogP contribution in [0.5, 0.6) is 5.75 Å². The number of benzene rings is 2. The highest BCUT2D eigenvalue weighted by Gasteiger charge is 2.38. The second kappa shape index (κ2) is 13.0. The highest BCUT2D eigenvalue weighted by Crippen LogP contribution is 2.44. The van der Waals surface area contributed by atoms with E-state index in [9.17, 15) is 23.1 Å². The van der Waals surface area contributed by atoms with Crippen LogP contribution in [0.3, 0.4) is 0 Å². The molecular formula is C29H31ClF4N2O3S. The van der Waals surface area contributed by atoms with Crippen LogP contribution in [0.1, 0.15) is 49.4 Å². The van der Waals surface area contributed by atoms with Gasteiger partial charge in [-0.1, -0.05) is 23.7 Å². The highest BCUT2D eigenvalue weighted by atomic mass is 35.5. The second-order valence-corrected chi connectivity index (χ2v) is 11.7. The zero-order chi connectivity index (χ0) is 28.9. The number of pyridine rings is 1. The van der Waals surface area contributed by atoms with E-state index >= 15 is 4.39 Å². The van der Waals surface area contributed by atoms with Crippen LogP contribution in [0.15, 0.2) is 53.6 Å². The van der Waals surface area contributed by atoms with Crippen LogP contribution in [0, 0.1) is 5.41 Å². The number of carboxylic acid groups (broad SMARTS) is 1. The predicted molar refractivity (Wildman–Crippen MR) is 149 cm³/mol. The number of ether oxygens (including phenoxy) is 1. The molecule has 2 heterocycles. The molecule has 2 aromatic carbocycles. The molecule has 0 saturated carbocycles. The SMILES string of the molecule is COc1ccc2ncc(Cl)c(C(F)CCC3(CC(=O)O)CCN(CCSc4ccccc4C(F)(F)F)CC3)c2c1. The Morgan fingerprint density at radius 3 is 2.62 bits per heavy atom. The zero-order valence-electron chi connectivity index (χ0n) is 22.0. The van der Waals surface area contributed by atoms with Crippen LogP contribution in [0.2, 0.25) is 5.02 Å². The van der Waals surface area contributed by atoms with Gasteiger partial charge in [0.05, 0.1) is 29.6 Å². The molecule has 5 nitrogen and oxygen atoms in total. The Morgan fingerprint density at radius 2 is 1.95 bits per heavy atom.